The number of likely N-dealkylation sites (N-methyl/N-ethyl adjacent to an activating group) is 1. The van der Waals surface area contributed by atoms with Crippen molar-refractivity contribution in [2.75, 3.05) is 19.1 Å². The predicted octanol–water partition coefficient (Wildman–Crippen LogP) is 2.40. The Bertz CT molecular complexity index is 645. The van der Waals surface area contributed by atoms with Crippen LogP contribution >= 0.6 is 11.8 Å². The summed E-state index contributed by atoms with van der Waals surface area (Å²) in [6.45, 7) is 5.22. The minimum Gasteiger partial charge on any atom is -0.480 e. The lowest BCUT2D eigenvalue weighted by molar-refractivity contribution is -0.141. The Labute approximate surface area is 164 Å². The number of carbonyl (C=O) groups excluding carboxylic acids is 2. The summed E-state index contributed by atoms with van der Waals surface area (Å²) in [6.07, 6.45) is 1.36. The highest BCUT2D eigenvalue weighted by molar-refractivity contribution is 7.98. The van der Waals surface area contributed by atoms with E-state index in [-0.39, 0.29) is 12.2 Å². The van der Waals surface area contributed by atoms with Crippen LogP contribution in [0.15, 0.2) is 30.3 Å². The SMILES string of the molecule is CSC[C@H](NC(=O)[C@H](Cc1ccccc1)N(C)C(=O)OC(C)(C)C)C(=O)O. The third kappa shape index (κ3) is 7.90. The summed E-state index contributed by atoms with van der Waals surface area (Å²) in [4.78, 5) is 37.8. The number of thioether (sulfide) groups is 1. The quantitative estimate of drug-likeness (QED) is 0.700. The van der Waals surface area contributed by atoms with E-state index in [0.29, 0.717) is 0 Å². The molecule has 1 rings (SSSR count). The van der Waals surface area contributed by atoms with E-state index in [4.69, 9.17) is 4.74 Å². The highest BCUT2D eigenvalue weighted by Gasteiger charge is 2.32. The van der Waals surface area contributed by atoms with Gasteiger partial charge in [-0.15, -0.1) is 0 Å². The largest absolute Gasteiger partial charge is 0.480 e. The van der Waals surface area contributed by atoms with E-state index < -0.39 is 35.7 Å². The minimum absolute atomic E-state index is 0.231. The molecule has 0 aliphatic rings. The first-order valence-electron chi connectivity index (χ1n) is 8.57. The average molecular weight is 397 g/mol. The lowest BCUT2D eigenvalue weighted by Gasteiger charge is -2.30. The molecule has 0 unspecified atom stereocenters. The molecule has 0 saturated heterocycles. The number of benzene rings is 1. The Morgan fingerprint density at radius 1 is 1.22 bits per heavy atom. The second kappa shape index (κ2) is 10.2. The van der Waals surface area contributed by atoms with Crippen LogP contribution in [0.25, 0.3) is 0 Å². The van der Waals surface area contributed by atoms with Gasteiger partial charge in [0.15, 0.2) is 0 Å². The van der Waals surface area contributed by atoms with Crippen molar-refractivity contribution in [3.05, 3.63) is 35.9 Å². The summed E-state index contributed by atoms with van der Waals surface area (Å²) in [7, 11) is 1.48. The van der Waals surface area contributed by atoms with Gasteiger partial charge in [0.2, 0.25) is 5.91 Å². The van der Waals surface area contributed by atoms with Crippen LogP contribution < -0.4 is 5.32 Å². The van der Waals surface area contributed by atoms with Gasteiger partial charge in [-0.3, -0.25) is 9.69 Å². The molecule has 150 valence electrons. The number of carboxylic acids is 1. The van der Waals surface area contributed by atoms with Crippen molar-refractivity contribution in [2.45, 2.75) is 44.9 Å². The molecule has 0 aliphatic heterocycles. The molecule has 0 bridgehead atoms. The number of ether oxygens (including phenoxy) is 1. The van der Waals surface area contributed by atoms with Crippen molar-refractivity contribution in [1.82, 2.24) is 10.2 Å². The van der Waals surface area contributed by atoms with E-state index in [9.17, 15) is 19.5 Å². The molecular formula is C19H28N2O5S. The van der Waals surface area contributed by atoms with Gasteiger partial charge in [0.1, 0.15) is 17.7 Å². The standard InChI is InChI=1S/C19H28N2O5S/c1-19(2,3)26-18(25)21(4)15(11-13-9-7-6-8-10-13)16(22)20-14(12-27-5)17(23)24/h6-10,14-15H,11-12H2,1-5H3,(H,20,22)(H,23,24)/t14-,15-/m0/s1. The first-order valence-corrected chi connectivity index (χ1v) is 9.96. The molecule has 0 aromatic heterocycles. The fraction of sp³-hybridized carbons (Fsp3) is 0.526. The van der Waals surface area contributed by atoms with Gasteiger partial charge in [0.25, 0.3) is 0 Å². The van der Waals surface area contributed by atoms with Crippen molar-refractivity contribution < 1.29 is 24.2 Å². The van der Waals surface area contributed by atoms with Gasteiger partial charge >= 0.3 is 12.1 Å². The Hall–Kier alpha value is -2.22. The van der Waals surface area contributed by atoms with Crippen LogP contribution in [0.2, 0.25) is 0 Å². The Morgan fingerprint density at radius 3 is 2.30 bits per heavy atom. The van der Waals surface area contributed by atoms with Crippen LogP contribution in [0.3, 0.4) is 0 Å². The molecule has 0 radical (unpaired) electrons. The van der Waals surface area contributed by atoms with Crippen molar-refractivity contribution in [1.29, 1.82) is 0 Å². The average Bonchev–Trinajstić information content (AvgIpc) is 2.57. The first kappa shape index (κ1) is 22.8. The van der Waals surface area contributed by atoms with Crippen molar-refractivity contribution >= 4 is 29.7 Å². The number of nitrogens with zero attached hydrogens (tertiary/aromatic N) is 1. The van der Waals surface area contributed by atoms with Gasteiger partial charge in [-0.25, -0.2) is 9.59 Å². The number of carboxylic acid groups (broad SMARTS) is 1. The molecule has 0 saturated carbocycles. The van der Waals surface area contributed by atoms with Crippen LogP contribution in [0.4, 0.5) is 4.79 Å². The fourth-order valence-corrected chi connectivity index (χ4v) is 2.87. The van der Waals surface area contributed by atoms with Gasteiger partial charge in [-0.2, -0.15) is 11.8 Å². The molecule has 1 aromatic rings. The summed E-state index contributed by atoms with van der Waals surface area (Å²) in [6, 6.07) is 7.30. The minimum atomic E-state index is -1.11. The van der Waals surface area contributed by atoms with Crippen molar-refractivity contribution in [3.8, 4) is 0 Å². The molecule has 2 amide bonds. The van der Waals surface area contributed by atoms with Crippen LogP contribution in [-0.4, -0.2) is 64.7 Å². The van der Waals surface area contributed by atoms with E-state index in [2.05, 4.69) is 5.32 Å². The van der Waals surface area contributed by atoms with Crippen LogP contribution in [-0.2, 0) is 20.7 Å². The van der Waals surface area contributed by atoms with E-state index in [1.807, 2.05) is 30.3 Å². The molecule has 0 spiro atoms. The highest BCUT2D eigenvalue weighted by atomic mass is 32.2. The van der Waals surface area contributed by atoms with Gasteiger partial charge in [0.05, 0.1) is 0 Å². The number of rotatable bonds is 8. The second-order valence-electron chi connectivity index (χ2n) is 7.15. The predicted molar refractivity (Wildman–Crippen MR) is 106 cm³/mol. The summed E-state index contributed by atoms with van der Waals surface area (Å²) in [5.74, 6) is -1.42. The van der Waals surface area contributed by atoms with E-state index >= 15 is 0 Å². The number of carbonyl (C=O) groups is 3. The van der Waals surface area contributed by atoms with Crippen LogP contribution in [0.1, 0.15) is 26.3 Å². The molecule has 2 N–H and O–H groups in total. The zero-order valence-electron chi connectivity index (χ0n) is 16.4. The monoisotopic (exact) mass is 396 g/mol. The van der Waals surface area contributed by atoms with Gasteiger partial charge in [-0.05, 0) is 32.6 Å². The molecule has 7 nitrogen and oxygen atoms in total. The summed E-state index contributed by atoms with van der Waals surface area (Å²) in [5.41, 5.74) is 0.145. The molecule has 2 atom stereocenters. The van der Waals surface area contributed by atoms with Crippen molar-refractivity contribution in [3.63, 3.8) is 0 Å². The first-order chi connectivity index (χ1) is 12.5. The molecule has 0 fully saturated rings. The Kier molecular flexibility index (Phi) is 8.62. The van der Waals surface area contributed by atoms with Crippen LogP contribution in [0.5, 0.6) is 0 Å². The maximum absolute atomic E-state index is 12.8. The zero-order chi connectivity index (χ0) is 20.6. The Balaban J connectivity index is 3.03. The fourth-order valence-electron chi connectivity index (χ4n) is 2.31. The molecular weight excluding hydrogens is 368 g/mol. The Morgan fingerprint density at radius 2 is 1.81 bits per heavy atom. The smallest absolute Gasteiger partial charge is 0.410 e. The van der Waals surface area contributed by atoms with E-state index in [1.54, 1.807) is 27.0 Å². The molecule has 8 heteroatoms. The molecule has 27 heavy (non-hydrogen) atoms. The van der Waals surface area contributed by atoms with Gasteiger partial charge in [0, 0.05) is 19.2 Å². The normalized spacial score (nSPS) is 13.4. The van der Waals surface area contributed by atoms with E-state index in [0.717, 1.165) is 5.56 Å². The van der Waals surface area contributed by atoms with Crippen LogP contribution in [0, 0.1) is 0 Å². The number of nitrogens with one attached hydrogen (secondary N) is 1. The summed E-state index contributed by atoms with van der Waals surface area (Å²) in [5, 5.41) is 11.8. The third-order valence-corrected chi connectivity index (χ3v) is 4.34. The van der Waals surface area contributed by atoms with E-state index in [1.165, 1.54) is 23.7 Å². The van der Waals surface area contributed by atoms with Gasteiger partial charge in [-0.1, -0.05) is 30.3 Å². The molecule has 1 aromatic carbocycles. The lowest BCUT2D eigenvalue weighted by Crippen LogP contribution is -2.54. The topological polar surface area (TPSA) is 95.9 Å². The summed E-state index contributed by atoms with van der Waals surface area (Å²) < 4.78 is 5.35. The second-order valence-corrected chi connectivity index (χ2v) is 8.06. The highest BCUT2D eigenvalue weighted by Crippen LogP contribution is 2.14. The lowest BCUT2D eigenvalue weighted by atomic mass is 10.0. The number of hydrogen-bond acceptors (Lipinski definition) is 5. The maximum Gasteiger partial charge on any atom is 0.410 e. The summed E-state index contributed by atoms with van der Waals surface area (Å²) >= 11 is 1.32. The maximum atomic E-state index is 12.8. The third-order valence-electron chi connectivity index (χ3n) is 3.67. The number of hydrogen-bond donors (Lipinski definition) is 2. The number of amides is 2. The van der Waals surface area contributed by atoms with Gasteiger partial charge < -0.3 is 15.2 Å². The molecule has 0 aliphatic carbocycles. The van der Waals surface area contributed by atoms with Crippen molar-refractivity contribution in [2.24, 2.45) is 0 Å². The molecule has 0 heterocycles. The number of aliphatic carboxylic acids is 1. The zero-order valence-corrected chi connectivity index (χ0v) is 17.2.